The van der Waals surface area contributed by atoms with Crippen molar-refractivity contribution in [2.45, 2.75) is 71.6 Å². The predicted molar refractivity (Wildman–Crippen MR) is 133 cm³/mol. The normalized spacial score (nSPS) is 24.6. The number of para-hydroxylation sites is 1. The van der Waals surface area contributed by atoms with Gasteiger partial charge in [0.2, 0.25) is 0 Å². The van der Waals surface area contributed by atoms with Gasteiger partial charge in [0.15, 0.2) is 11.5 Å². The number of nitrogens with zero attached hydrogens (tertiary/aromatic N) is 2. The van der Waals surface area contributed by atoms with Crippen LogP contribution in [0.5, 0.6) is 5.75 Å². The van der Waals surface area contributed by atoms with E-state index in [4.69, 9.17) is 4.74 Å². The van der Waals surface area contributed by atoms with Crippen molar-refractivity contribution in [1.29, 1.82) is 0 Å². The van der Waals surface area contributed by atoms with E-state index in [1.165, 1.54) is 57.8 Å². The Morgan fingerprint density at radius 2 is 1.76 bits per heavy atom. The minimum Gasteiger partial charge on any atom is -0.489 e. The molecule has 0 radical (unpaired) electrons. The summed E-state index contributed by atoms with van der Waals surface area (Å²) in [5, 5.41) is 0. The average Bonchev–Trinajstić information content (AvgIpc) is 2.88. The lowest BCUT2D eigenvalue weighted by molar-refractivity contribution is 0.0816. The number of rotatable bonds is 5. The zero-order chi connectivity index (χ0) is 22.8. The van der Waals surface area contributed by atoms with Crippen LogP contribution in [-0.4, -0.2) is 23.9 Å². The summed E-state index contributed by atoms with van der Waals surface area (Å²) >= 11 is 0. The molecule has 1 aromatic carbocycles. The van der Waals surface area contributed by atoms with Gasteiger partial charge in [-0.15, -0.1) is 0 Å². The molecule has 3 aliphatic rings. The van der Waals surface area contributed by atoms with E-state index in [2.05, 4.69) is 22.9 Å². The number of ketones is 1. The molecular weight excluding hydrogens is 408 g/mol. The van der Waals surface area contributed by atoms with E-state index in [1.54, 1.807) is 0 Å². The van der Waals surface area contributed by atoms with Gasteiger partial charge in [0.25, 0.3) is 0 Å². The second-order valence-corrected chi connectivity index (χ2v) is 10.6. The molecule has 2 aliphatic carbocycles. The fourth-order valence-corrected chi connectivity index (χ4v) is 6.48. The molecule has 176 valence electrons. The molecule has 0 N–H and O–H groups in total. The lowest BCUT2D eigenvalue weighted by Gasteiger charge is -2.37. The van der Waals surface area contributed by atoms with Gasteiger partial charge in [-0.3, -0.25) is 4.79 Å². The minimum absolute atomic E-state index is 0.0419. The fourth-order valence-electron chi connectivity index (χ4n) is 6.48. The number of hydrogen-bond donors (Lipinski definition) is 0. The molecule has 1 unspecified atom stereocenters. The number of ether oxygens (including phenoxy) is 1. The quantitative estimate of drug-likeness (QED) is 0.458. The van der Waals surface area contributed by atoms with Crippen molar-refractivity contribution in [3.63, 3.8) is 0 Å². The maximum Gasteiger partial charge on any atom is 0.169 e. The number of hydrogen-bond acceptors (Lipinski definition) is 4. The highest BCUT2D eigenvalue weighted by Crippen LogP contribution is 2.44. The third-order valence-corrected chi connectivity index (χ3v) is 8.54. The van der Waals surface area contributed by atoms with E-state index >= 15 is 0 Å². The zero-order valence-electron chi connectivity index (χ0n) is 20.3. The van der Waals surface area contributed by atoms with E-state index in [-0.39, 0.29) is 11.7 Å². The second kappa shape index (κ2) is 9.87. The number of carbonyl (C=O) groups is 1. The SMILES string of the molecule is Cc1ccc(N2CCOc3c(C(=O)C(C)C4CCC(C5CCCCC5)CC4)cccc32)nc1. The number of fused-ring (bicyclic) bond motifs is 1. The van der Waals surface area contributed by atoms with Crippen LogP contribution in [0.2, 0.25) is 0 Å². The molecule has 1 atom stereocenters. The van der Waals surface area contributed by atoms with Crippen molar-refractivity contribution in [2.75, 3.05) is 18.1 Å². The minimum atomic E-state index is 0.0419. The van der Waals surface area contributed by atoms with Crippen LogP contribution in [0.4, 0.5) is 11.5 Å². The number of Topliss-reactive ketones (excluding diaryl/α,β-unsaturated/α-hetero) is 1. The van der Waals surface area contributed by atoms with Gasteiger partial charge in [-0.25, -0.2) is 4.98 Å². The molecule has 2 aromatic rings. The molecule has 1 aromatic heterocycles. The molecule has 0 spiro atoms. The van der Waals surface area contributed by atoms with Crippen LogP contribution in [0.3, 0.4) is 0 Å². The molecule has 2 fully saturated rings. The fraction of sp³-hybridized carbons (Fsp3) is 0.586. The molecule has 2 saturated carbocycles. The Morgan fingerprint density at radius 3 is 2.48 bits per heavy atom. The second-order valence-electron chi connectivity index (χ2n) is 10.6. The van der Waals surface area contributed by atoms with Crippen molar-refractivity contribution in [3.05, 3.63) is 47.7 Å². The summed E-state index contributed by atoms with van der Waals surface area (Å²) in [4.78, 5) is 20.5. The third kappa shape index (κ3) is 4.67. The smallest absolute Gasteiger partial charge is 0.169 e. The van der Waals surface area contributed by atoms with Crippen LogP contribution in [0.1, 0.15) is 80.6 Å². The van der Waals surface area contributed by atoms with Gasteiger partial charge in [0.1, 0.15) is 12.4 Å². The number of aryl methyl sites for hydroxylation is 1. The average molecular weight is 447 g/mol. The van der Waals surface area contributed by atoms with Crippen LogP contribution in [0, 0.1) is 30.6 Å². The summed E-state index contributed by atoms with van der Waals surface area (Å²) < 4.78 is 6.09. The molecule has 33 heavy (non-hydrogen) atoms. The van der Waals surface area contributed by atoms with Gasteiger partial charge in [-0.2, -0.15) is 0 Å². The maximum atomic E-state index is 13.7. The Bertz CT molecular complexity index is 956. The van der Waals surface area contributed by atoms with E-state index in [0.29, 0.717) is 12.5 Å². The van der Waals surface area contributed by atoms with Crippen molar-refractivity contribution >= 4 is 17.3 Å². The molecule has 5 rings (SSSR count). The summed E-state index contributed by atoms with van der Waals surface area (Å²) in [5.74, 6) is 4.26. The van der Waals surface area contributed by atoms with Crippen molar-refractivity contribution in [1.82, 2.24) is 4.98 Å². The molecule has 0 bridgehead atoms. The van der Waals surface area contributed by atoms with Crippen molar-refractivity contribution in [2.24, 2.45) is 23.7 Å². The Morgan fingerprint density at radius 1 is 1.00 bits per heavy atom. The van der Waals surface area contributed by atoms with Crippen LogP contribution in [-0.2, 0) is 0 Å². The monoisotopic (exact) mass is 446 g/mol. The first kappa shape index (κ1) is 22.4. The molecule has 1 aliphatic heterocycles. The highest BCUT2D eigenvalue weighted by atomic mass is 16.5. The molecule has 4 nitrogen and oxygen atoms in total. The highest BCUT2D eigenvalue weighted by Gasteiger charge is 2.35. The first-order chi connectivity index (χ1) is 16.1. The third-order valence-electron chi connectivity index (χ3n) is 8.54. The largest absolute Gasteiger partial charge is 0.489 e. The number of benzene rings is 1. The summed E-state index contributed by atoms with van der Waals surface area (Å²) in [6.07, 6.45) is 14.1. The molecule has 4 heteroatoms. The van der Waals surface area contributed by atoms with Crippen molar-refractivity contribution in [3.8, 4) is 5.75 Å². The molecule has 0 amide bonds. The Hall–Kier alpha value is -2.36. The topological polar surface area (TPSA) is 42.4 Å². The highest BCUT2D eigenvalue weighted by molar-refractivity contribution is 6.02. The van der Waals surface area contributed by atoms with Crippen molar-refractivity contribution < 1.29 is 9.53 Å². The Balaban J connectivity index is 1.30. The van der Waals surface area contributed by atoms with Crippen LogP contribution < -0.4 is 9.64 Å². The molecular formula is C29H38N2O2. The van der Waals surface area contributed by atoms with Crippen LogP contribution in [0.15, 0.2) is 36.5 Å². The van der Waals surface area contributed by atoms with Gasteiger partial charge in [-0.05, 0) is 74.1 Å². The zero-order valence-corrected chi connectivity index (χ0v) is 20.3. The van der Waals surface area contributed by atoms with Crippen LogP contribution in [0.25, 0.3) is 0 Å². The maximum absolute atomic E-state index is 13.7. The summed E-state index contributed by atoms with van der Waals surface area (Å²) in [6, 6.07) is 10.1. The van der Waals surface area contributed by atoms with Crippen LogP contribution >= 0.6 is 0 Å². The van der Waals surface area contributed by atoms with E-state index in [0.717, 1.165) is 46.8 Å². The van der Waals surface area contributed by atoms with Gasteiger partial charge in [0.05, 0.1) is 17.8 Å². The number of carbonyl (C=O) groups excluding carboxylic acids is 1. The first-order valence-electron chi connectivity index (χ1n) is 13.1. The Kier molecular flexibility index (Phi) is 6.71. The summed E-state index contributed by atoms with van der Waals surface area (Å²) in [7, 11) is 0. The standard InChI is InChI=1S/C29H38N2O2/c1-20-11-16-27(30-19-20)31-17-18-33-29-25(9-6-10-26(29)31)28(32)21(2)22-12-14-24(15-13-22)23-7-4-3-5-8-23/h6,9-11,16,19,21-24H,3-5,7-8,12-15,17-18H2,1-2H3. The van der Waals surface area contributed by atoms with E-state index in [1.807, 2.05) is 37.4 Å². The number of pyridine rings is 1. The lowest BCUT2D eigenvalue weighted by Crippen LogP contribution is -2.32. The van der Waals surface area contributed by atoms with Gasteiger partial charge in [0, 0.05) is 12.1 Å². The van der Waals surface area contributed by atoms with Gasteiger partial charge < -0.3 is 9.64 Å². The number of aromatic nitrogens is 1. The van der Waals surface area contributed by atoms with Gasteiger partial charge >= 0.3 is 0 Å². The summed E-state index contributed by atoms with van der Waals surface area (Å²) in [6.45, 7) is 5.50. The molecule has 0 saturated heterocycles. The van der Waals surface area contributed by atoms with Gasteiger partial charge in [-0.1, -0.05) is 51.2 Å². The number of anilines is 2. The molecule has 2 heterocycles. The van der Waals surface area contributed by atoms with E-state index in [9.17, 15) is 4.79 Å². The Labute approximate surface area is 198 Å². The summed E-state index contributed by atoms with van der Waals surface area (Å²) in [5.41, 5.74) is 2.84. The first-order valence-corrected chi connectivity index (χ1v) is 13.1. The predicted octanol–water partition coefficient (Wildman–Crippen LogP) is 7.13. The van der Waals surface area contributed by atoms with E-state index < -0.39 is 0 Å². The lowest BCUT2D eigenvalue weighted by atomic mass is 9.68.